The summed E-state index contributed by atoms with van der Waals surface area (Å²) in [5.41, 5.74) is 0.819. The standard InChI is InChI=1S/C9H8N4/c1-2-4-8(5-3-1)12-13-9-10-6-7-11-9/h1-7,9H/b13-12+. The van der Waals surface area contributed by atoms with Crippen LogP contribution < -0.4 is 0 Å². The van der Waals surface area contributed by atoms with E-state index in [9.17, 15) is 0 Å². The third-order valence-electron chi connectivity index (χ3n) is 1.54. The van der Waals surface area contributed by atoms with Gasteiger partial charge in [0.1, 0.15) is 0 Å². The molecule has 0 fully saturated rings. The summed E-state index contributed by atoms with van der Waals surface area (Å²) < 4.78 is 0. The molecular formula is C9H8N4. The SMILES string of the molecule is C1=NC(/N=N/c2ccccc2)N=C1. The predicted octanol–water partition coefficient (Wildman–Crippen LogP) is 2.21. The summed E-state index contributed by atoms with van der Waals surface area (Å²) in [4.78, 5) is 7.89. The molecule has 1 aromatic rings. The largest absolute Gasteiger partial charge is 0.253 e. The Morgan fingerprint density at radius 1 is 1.00 bits per heavy atom. The maximum absolute atomic E-state index is 3.99. The van der Waals surface area contributed by atoms with Gasteiger partial charge in [-0.15, -0.1) is 5.11 Å². The first-order valence-electron chi connectivity index (χ1n) is 3.96. The van der Waals surface area contributed by atoms with Crippen molar-refractivity contribution in [2.24, 2.45) is 20.2 Å². The summed E-state index contributed by atoms with van der Waals surface area (Å²) in [6, 6.07) is 9.52. The first-order chi connectivity index (χ1) is 6.45. The van der Waals surface area contributed by atoms with Crippen molar-refractivity contribution >= 4 is 18.1 Å². The molecule has 4 nitrogen and oxygen atoms in total. The zero-order valence-corrected chi connectivity index (χ0v) is 6.91. The number of azo groups is 1. The van der Waals surface area contributed by atoms with Gasteiger partial charge in [-0.25, -0.2) is 9.98 Å². The van der Waals surface area contributed by atoms with Gasteiger partial charge in [-0.1, -0.05) is 18.2 Å². The Morgan fingerprint density at radius 3 is 2.38 bits per heavy atom. The number of hydrogen-bond donors (Lipinski definition) is 0. The van der Waals surface area contributed by atoms with E-state index in [2.05, 4.69) is 20.2 Å². The molecule has 0 N–H and O–H groups in total. The first kappa shape index (κ1) is 7.79. The van der Waals surface area contributed by atoms with Crippen LogP contribution in [0.4, 0.5) is 5.69 Å². The van der Waals surface area contributed by atoms with Crippen LogP contribution in [-0.4, -0.2) is 18.7 Å². The first-order valence-corrected chi connectivity index (χ1v) is 3.96. The second kappa shape index (κ2) is 3.71. The molecule has 1 heterocycles. The lowest BCUT2D eigenvalue weighted by Gasteiger charge is -1.93. The van der Waals surface area contributed by atoms with Crippen LogP contribution in [0.15, 0.2) is 50.5 Å². The molecule has 0 atom stereocenters. The Labute approximate surface area is 75.8 Å². The maximum Gasteiger partial charge on any atom is 0.253 e. The number of aliphatic imine (C=N–C) groups is 2. The summed E-state index contributed by atoms with van der Waals surface area (Å²) in [5, 5.41) is 7.91. The molecule has 64 valence electrons. The van der Waals surface area contributed by atoms with E-state index >= 15 is 0 Å². The van der Waals surface area contributed by atoms with Gasteiger partial charge in [0.15, 0.2) is 0 Å². The highest BCUT2D eigenvalue weighted by Crippen LogP contribution is 2.12. The Kier molecular flexibility index (Phi) is 2.22. The van der Waals surface area contributed by atoms with Crippen LogP contribution in [0.5, 0.6) is 0 Å². The summed E-state index contributed by atoms with van der Waals surface area (Å²) in [6.07, 6.45) is 2.86. The number of hydrogen-bond acceptors (Lipinski definition) is 4. The fourth-order valence-corrected chi connectivity index (χ4v) is 0.942. The van der Waals surface area contributed by atoms with Crippen LogP contribution in [0.25, 0.3) is 0 Å². The Hall–Kier alpha value is -1.84. The van der Waals surface area contributed by atoms with Crippen molar-refractivity contribution in [3.05, 3.63) is 30.3 Å². The monoisotopic (exact) mass is 172 g/mol. The molecule has 0 saturated carbocycles. The Bertz CT molecular complexity index is 341. The van der Waals surface area contributed by atoms with E-state index in [0.717, 1.165) is 5.69 Å². The normalized spacial score (nSPS) is 16.0. The molecule has 1 aliphatic heterocycles. The van der Waals surface area contributed by atoms with Crippen LogP contribution in [0.3, 0.4) is 0 Å². The van der Waals surface area contributed by atoms with Gasteiger partial charge in [0.05, 0.1) is 5.69 Å². The van der Waals surface area contributed by atoms with Gasteiger partial charge < -0.3 is 0 Å². The maximum atomic E-state index is 3.99. The highest BCUT2D eigenvalue weighted by Gasteiger charge is 2.00. The van der Waals surface area contributed by atoms with Crippen molar-refractivity contribution in [2.45, 2.75) is 6.29 Å². The van der Waals surface area contributed by atoms with Gasteiger partial charge in [0.25, 0.3) is 6.29 Å². The highest BCUT2D eigenvalue weighted by molar-refractivity contribution is 6.17. The van der Waals surface area contributed by atoms with Gasteiger partial charge in [-0.2, -0.15) is 5.11 Å². The van der Waals surface area contributed by atoms with E-state index < -0.39 is 0 Å². The fraction of sp³-hybridized carbons (Fsp3) is 0.111. The smallest absolute Gasteiger partial charge is 0.242 e. The molecule has 0 aliphatic carbocycles. The summed E-state index contributed by atoms with van der Waals surface area (Å²) in [7, 11) is 0. The van der Waals surface area contributed by atoms with E-state index in [0.29, 0.717) is 0 Å². The fourth-order valence-electron chi connectivity index (χ4n) is 0.942. The third-order valence-corrected chi connectivity index (χ3v) is 1.54. The summed E-state index contributed by atoms with van der Waals surface area (Å²) in [6.45, 7) is 0. The Balaban J connectivity index is 2.05. The van der Waals surface area contributed by atoms with Crippen LogP contribution >= 0.6 is 0 Å². The van der Waals surface area contributed by atoms with Crippen molar-refractivity contribution in [3.63, 3.8) is 0 Å². The minimum absolute atomic E-state index is 0.375. The molecule has 4 heteroatoms. The van der Waals surface area contributed by atoms with Crippen LogP contribution in [0.1, 0.15) is 0 Å². The van der Waals surface area contributed by atoms with E-state index in [4.69, 9.17) is 0 Å². The van der Waals surface area contributed by atoms with Gasteiger partial charge in [-0.05, 0) is 12.1 Å². The van der Waals surface area contributed by atoms with Crippen molar-refractivity contribution < 1.29 is 0 Å². The lowest BCUT2D eigenvalue weighted by molar-refractivity contribution is 0.730. The lowest BCUT2D eigenvalue weighted by atomic mass is 10.3. The molecule has 0 bridgehead atoms. The average Bonchev–Trinajstić information content (AvgIpc) is 2.69. The molecule has 2 rings (SSSR count). The second-order valence-electron chi connectivity index (χ2n) is 2.49. The van der Waals surface area contributed by atoms with Crippen molar-refractivity contribution in [1.29, 1.82) is 0 Å². The van der Waals surface area contributed by atoms with Gasteiger partial charge in [-0.3, -0.25) is 0 Å². The quantitative estimate of drug-likeness (QED) is 0.614. The van der Waals surface area contributed by atoms with Gasteiger partial charge >= 0.3 is 0 Å². The van der Waals surface area contributed by atoms with E-state index in [1.807, 2.05) is 30.3 Å². The van der Waals surface area contributed by atoms with Gasteiger partial charge in [0.2, 0.25) is 0 Å². The van der Waals surface area contributed by atoms with Crippen molar-refractivity contribution in [2.75, 3.05) is 0 Å². The van der Waals surface area contributed by atoms with Crippen molar-refractivity contribution in [3.8, 4) is 0 Å². The highest BCUT2D eigenvalue weighted by atomic mass is 15.3. The summed E-state index contributed by atoms with van der Waals surface area (Å²) >= 11 is 0. The van der Waals surface area contributed by atoms with E-state index in [1.165, 1.54) is 0 Å². The zero-order valence-electron chi connectivity index (χ0n) is 6.91. The molecule has 0 amide bonds. The number of rotatable bonds is 2. The molecule has 1 aromatic carbocycles. The molecule has 0 unspecified atom stereocenters. The topological polar surface area (TPSA) is 49.4 Å². The molecule has 0 radical (unpaired) electrons. The molecule has 0 saturated heterocycles. The van der Waals surface area contributed by atoms with Crippen LogP contribution in [-0.2, 0) is 0 Å². The van der Waals surface area contributed by atoms with Gasteiger partial charge in [0, 0.05) is 12.4 Å². The number of benzene rings is 1. The van der Waals surface area contributed by atoms with Crippen LogP contribution in [0, 0.1) is 0 Å². The third kappa shape index (κ3) is 2.05. The molecule has 1 aliphatic rings. The average molecular weight is 172 g/mol. The minimum Gasteiger partial charge on any atom is -0.242 e. The number of nitrogens with zero attached hydrogens (tertiary/aromatic N) is 4. The molecule has 0 spiro atoms. The minimum atomic E-state index is -0.375. The van der Waals surface area contributed by atoms with Crippen molar-refractivity contribution in [1.82, 2.24) is 0 Å². The Morgan fingerprint density at radius 2 is 1.69 bits per heavy atom. The summed E-state index contributed by atoms with van der Waals surface area (Å²) in [5.74, 6) is 0. The zero-order chi connectivity index (χ0) is 8.93. The molecule has 13 heavy (non-hydrogen) atoms. The van der Waals surface area contributed by atoms with E-state index in [1.54, 1.807) is 12.4 Å². The lowest BCUT2D eigenvalue weighted by Crippen LogP contribution is -1.87. The predicted molar refractivity (Wildman–Crippen MR) is 51.7 cm³/mol. The van der Waals surface area contributed by atoms with Crippen LogP contribution in [0.2, 0.25) is 0 Å². The molecule has 0 aromatic heterocycles. The van der Waals surface area contributed by atoms with E-state index in [-0.39, 0.29) is 6.29 Å². The second-order valence-corrected chi connectivity index (χ2v) is 2.49. The molecular weight excluding hydrogens is 164 g/mol.